The van der Waals surface area contributed by atoms with Gasteiger partial charge in [-0.25, -0.2) is 0 Å². The van der Waals surface area contributed by atoms with Gasteiger partial charge in [0.15, 0.2) is 10.4 Å². The second-order valence-electron chi connectivity index (χ2n) is 7.75. The van der Waals surface area contributed by atoms with E-state index in [1.165, 1.54) is 0 Å². The fourth-order valence-electron chi connectivity index (χ4n) is 3.09. The normalized spacial score (nSPS) is 14.9. The third-order valence-corrected chi connectivity index (χ3v) is 5.28. The van der Waals surface area contributed by atoms with E-state index in [1.807, 2.05) is 37.8 Å². The molecule has 1 aromatic carbocycles. The van der Waals surface area contributed by atoms with Gasteiger partial charge in [-0.1, -0.05) is 32.4 Å². The number of hydrogen-bond acceptors (Lipinski definition) is 4. The van der Waals surface area contributed by atoms with Gasteiger partial charge in [0.2, 0.25) is 5.91 Å². The minimum Gasteiger partial charge on any atom is -0.444 e. The van der Waals surface area contributed by atoms with Crippen molar-refractivity contribution in [2.45, 2.75) is 20.8 Å². The first-order chi connectivity index (χ1) is 13.1. The molecule has 0 radical (unpaired) electrons. The number of nitrogens with zero attached hydrogens (tertiary/aromatic N) is 2. The standard InChI is InChI=1S/C20H23BrClN3O3/c1-20(2,3)19(27)25-10-8-24(9-11-25)15-5-4-13(12-14(15)22)23-18(26)16-6-7-17(21)28-16/h4-7,12H,8-11H2,1-3H3,(H,23,26). The summed E-state index contributed by atoms with van der Waals surface area (Å²) < 4.78 is 5.75. The Labute approximate surface area is 177 Å². The van der Waals surface area contributed by atoms with Crippen molar-refractivity contribution in [2.24, 2.45) is 5.41 Å². The maximum Gasteiger partial charge on any atom is 0.291 e. The quantitative estimate of drug-likeness (QED) is 0.712. The van der Waals surface area contributed by atoms with Crippen molar-refractivity contribution in [1.82, 2.24) is 4.90 Å². The van der Waals surface area contributed by atoms with E-state index >= 15 is 0 Å². The summed E-state index contributed by atoms with van der Waals surface area (Å²) >= 11 is 9.64. The summed E-state index contributed by atoms with van der Waals surface area (Å²) in [6.07, 6.45) is 0. The van der Waals surface area contributed by atoms with Crippen molar-refractivity contribution >= 4 is 50.7 Å². The number of furan rings is 1. The molecule has 28 heavy (non-hydrogen) atoms. The van der Waals surface area contributed by atoms with Gasteiger partial charge in [0, 0.05) is 37.3 Å². The number of halogens is 2. The number of nitrogens with one attached hydrogen (secondary N) is 1. The lowest BCUT2D eigenvalue weighted by molar-refractivity contribution is -0.139. The topological polar surface area (TPSA) is 65.8 Å². The van der Waals surface area contributed by atoms with Gasteiger partial charge in [-0.05, 0) is 46.3 Å². The van der Waals surface area contributed by atoms with Gasteiger partial charge in [0.05, 0.1) is 10.7 Å². The van der Waals surface area contributed by atoms with Gasteiger partial charge in [0.1, 0.15) is 0 Å². The maximum absolute atomic E-state index is 12.4. The molecule has 1 fully saturated rings. The Kier molecular flexibility index (Phi) is 6.05. The van der Waals surface area contributed by atoms with Gasteiger partial charge >= 0.3 is 0 Å². The minimum atomic E-state index is -0.372. The largest absolute Gasteiger partial charge is 0.444 e. The Morgan fingerprint density at radius 2 is 1.79 bits per heavy atom. The summed E-state index contributed by atoms with van der Waals surface area (Å²) in [5.41, 5.74) is 1.11. The Morgan fingerprint density at radius 1 is 1.11 bits per heavy atom. The van der Waals surface area contributed by atoms with E-state index in [-0.39, 0.29) is 23.0 Å². The summed E-state index contributed by atoms with van der Waals surface area (Å²) in [6, 6.07) is 8.67. The van der Waals surface area contributed by atoms with Crippen LogP contribution in [0.1, 0.15) is 31.3 Å². The number of rotatable bonds is 3. The van der Waals surface area contributed by atoms with Crippen molar-refractivity contribution in [3.63, 3.8) is 0 Å². The highest BCUT2D eigenvalue weighted by Crippen LogP contribution is 2.30. The van der Waals surface area contributed by atoms with Crippen LogP contribution in [0.15, 0.2) is 39.4 Å². The molecule has 6 nitrogen and oxygen atoms in total. The van der Waals surface area contributed by atoms with Crippen LogP contribution in [0, 0.1) is 5.41 Å². The highest BCUT2D eigenvalue weighted by molar-refractivity contribution is 9.10. The van der Waals surface area contributed by atoms with E-state index in [0.717, 1.165) is 5.69 Å². The van der Waals surface area contributed by atoms with Crippen LogP contribution in [0.25, 0.3) is 0 Å². The van der Waals surface area contributed by atoms with Gasteiger partial charge in [-0.15, -0.1) is 0 Å². The van der Waals surface area contributed by atoms with E-state index in [4.69, 9.17) is 16.0 Å². The zero-order chi connectivity index (χ0) is 20.5. The lowest BCUT2D eigenvalue weighted by Crippen LogP contribution is -2.51. The molecule has 0 bridgehead atoms. The van der Waals surface area contributed by atoms with Crippen LogP contribution in [-0.4, -0.2) is 42.9 Å². The molecule has 1 N–H and O–H groups in total. The molecule has 0 spiro atoms. The number of amides is 2. The fraction of sp³-hybridized carbons (Fsp3) is 0.400. The lowest BCUT2D eigenvalue weighted by atomic mass is 9.94. The average Bonchev–Trinajstić information content (AvgIpc) is 3.07. The molecule has 1 saturated heterocycles. The van der Waals surface area contributed by atoms with E-state index in [0.29, 0.717) is 41.6 Å². The SMILES string of the molecule is CC(C)(C)C(=O)N1CCN(c2ccc(NC(=O)c3ccc(Br)o3)cc2Cl)CC1. The van der Waals surface area contributed by atoms with Crippen LogP contribution in [-0.2, 0) is 4.79 Å². The van der Waals surface area contributed by atoms with E-state index in [1.54, 1.807) is 18.2 Å². The van der Waals surface area contributed by atoms with Crippen LogP contribution in [0.4, 0.5) is 11.4 Å². The Morgan fingerprint density at radius 3 is 2.32 bits per heavy atom. The van der Waals surface area contributed by atoms with Crippen LogP contribution in [0.2, 0.25) is 5.02 Å². The Balaban J connectivity index is 1.63. The number of benzene rings is 1. The maximum atomic E-state index is 12.4. The predicted molar refractivity (Wildman–Crippen MR) is 114 cm³/mol. The van der Waals surface area contributed by atoms with Gasteiger partial charge in [0.25, 0.3) is 5.91 Å². The van der Waals surface area contributed by atoms with Gasteiger partial charge in [-0.3, -0.25) is 9.59 Å². The summed E-state index contributed by atoms with van der Waals surface area (Å²) in [5, 5.41) is 3.32. The number of piperazine rings is 1. The fourth-order valence-corrected chi connectivity index (χ4v) is 3.70. The molecule has 8 heteroatoms. The Hall–Kier alpha value is -1.99. The molecule has 2 aromatic rings. The van der Waals surface area contributed by atoms with Crippen molar-refractivity contribution in [3.05, 3.63) is 45.8 Å². The first-order valence-corrected chi connectivity index (χ1v) is 10.2. The summed E-state index contributed by atoms with van der Waals surface area (Å²) in [4.78, 5) is 28.7. The second kappa shape index (κ2) is 8.17. The summed E-state index contributed by atoms with van der Waals surface area (Å²) in [5.74, 6) is 0.0383. The number of hydrogen-bond donors (Lipinski definition) is 1. The average molecular weight is 469 g/mol. The molecular weight excluding hydrogens is 446 g/mol. The molecule has 0 atom stereocenters. The lowest BCUT2D eigenvalue weighted by Gasteiger charge is -2.39. The monoisotopic (exact) mass is 467 g/mol. The predicted octanol–water partition coefficient (Wildman–Crippen LogP) is 4.64. The van der Waals surface area contributed by atoms with Gasteiger partial charge in [-0.2, -0.15) is 0 Å². The highest BCUT2D eigenvalue weighted by Gasteiger charge is 2.30. The molecule has 1 aliphatic rings. The van der Waals surface area contributed by atoms with Crippen molar-refractivity contribution in [3.8, 4) is 0 Å². The molecule has 1 aliphatic heterocycles. The zero-order valence-electron chi connectivity index (χ0n) is 16.1. The molecule has 2 heterocycles. The van der Waals surface area contributed by atoms with Gasteiger partial charge < -0.3 is 19.5 Å². The molecule has 0 unspecified atom stereocenters. The van der Waals surface area contributed by atoms with Crippen molar-refractivity contribution in [2.75, 3.05) is 36.4 Å². The first-order valence-electron chi connectivity index (χ1n) is 9.06. The molecule has 1 aromatic heterocycles. The summed E-state index contributed by atoms with van der Waals surface area (Å²) in [6.45, 7) is 8.57. The third-order valence-electron chi connectivity index (χ3n) is 4.55. The minimum absolute atomic E-state index is 0.167. The number of anilines is 2. The van der Waals surface area contributed by atoms with E-state index in [9.17, 15) is 9.59 Å². The van der Waals surface area contributed by atoms with Crippen molar-refractivity contribution < 1.29 is 14.0 Å². The molecule has 2 amide bonds. The second-order valence-corrected chi connectivity index (χ2v) is 8.94. The number of carbonyl (C=O) groups excluding carboxylic acids is 2. The van der Waals surface area contributed by atoms with E-state index in [2.05, 4.69) is 26.1 Å². The molecule has 150 valence electrons. The highest BCUT2D eigenvalue weighted by atomic mass is 79.9. The molecular formula is C20H23BrClN3O3. The van der Waals surface area contributed by atoms with Crippen LogP contribution in [0.3, 0.4) is 0 Å². The molecule has 0 aliphatic carbocycles. The molecule has 0 saturated carbocycles. The zero-order valence-corrected chi connectivity index (χ0v) is 18.4. The first kappa shape index (κ1) is 20.7. The molecule has 3 rings (SSSR count). The number of carbonyl (C=O) groups is 2. The third kappa shape index (κ3) is 4.70. The van der Waals surface area contributed by atoms with Crippen LogP contribution < -0.4 is 10.2 Å². The summed E-state index contributed by atoms with van der Waals surface area (Å²) in [7, 11) is 0. The van der Waals surface area contributed by atoms with E-state index < -0.39 is 0 Å². The van der Waals surface area contributed by atoms with Crippen molar-refractivity contribution in [1.29, 1.82) is 0 Å². The Bertz CT molecular complexity index is 883. The smallest absolute Gasteiger partial charge is 0.291 e. The van der Waals surface area contributed by atoms with Crippen LogP contribution in [0.5, 0.6) is 0 Å². The van der Waals surface area contributed by atoms with Crippen LogP contribution >= 0.6 is 27.5 Å².